The van der Waals surface area contributed by atoms with Crippen LogP contribution in [0.3, 0.4) is 0 Å². The van der Waals surface area contributed by atoms with Gasteiger partial charge in [-0.2, -0.15) is 0 Å². The number of ether oxygens (including phenoxy) is 2. The molecule has 0 bridgehead atoms. The monoisotopic (exact) mass is 384 g/mol. The zero-order valence-electron chi connectivity index (χ0n) is 15.8. The van der Waals surface area contributed by atoms with E-state index in [1.54, 1.807) is 18.2 Å². The van der Waals surface area contributed by atoms with E-state index in [0.29, 0.717) is 23.5 Å². The summed E-state index contributed by atoms with van der Waals surface area (Å²) >= 11 is 0. The highest BCUT2D eigenvalue weighted by atomic mass is 16.5. The molecule has 8 heteroatoms. The van der Waals surface area contributed by atoms with Crippen molar-refractivity contribution in [1.29, 1.82) is 0 Å². The third-order valence-electron chi connectivity index (χ3n) is 3.98. The first-order chi connectivity index (χ1) is 13.4. The number of nitrogens with one attached hydrogen (secondary N) is 1. The molecular formula is C20H24N4O4. The van der Waals surface area contributed by atoms with E-state index in [9.17, 15) is 9.59 Å². The Kier molecular flexibility index (Phi) is 7.38. The third-order valence-corrected chi connectivity index (χ3v) is 3.98. The van der Waals surface area contributed by atoms with Gasteiger partial charge in [-0.3, -0.25) is 14.9 Å². The van der Waals surface area contributed by atoms with Crippen LogP contribution < -0.4 is 26.3 Å². The van der Waals surface area contributed by atoms with Crippen LogP contribution in [-0.2, 0) is 22.4 Å². The Morgan fingerprint density at radius 1 is 1.00 bits per heavy atom. The predicted octanol–water partition coefficient (Wildman–Crippen LogP) is 0.774. The van der Waals surface area contributed by atoms with E-state index >= 15 is 0 Å². The molecule has 148 valence electrons. The summed E-state index contributed by atoms with van der Waals surface area (Å²) < 4.78 is 10.4. The number of aliphatic imine (C=N–C) groups is 1. The third kappa shape index (κ3) is 6.01. The summed E-state index contributed by atoms with van der Waals surface area (Å²) in [6.07, 6.45) is 0.346. The summed E-state index contributed by atoms with van der Waals surface area (Å²) in [4.78, 5) is 28.0. The fraction of sp³-hybridized carbons (Fsp3) is 0.250. The van der Waals surface area contributed by atoms with Gasteiger partial charge in [0.2, 0.25) is 11.8 Å². The van der Waals surface area contributed by atoms with Gasteiger partial charge in [0.05, 0.1) is 20.6 Å². The number of amides is 2. The summed E-state index contributed by atoms with van der Waals surface area (Å²) in [6, 6.07) is 13.6. The number of carbonyl (C=O) groups is 2. The first-order valence-electron chi connectivity index (χ1n) is 8.60. The maximum atomic E-state index is 12.2. The minimum atomic E-state index is -0.871. The molecule has 0 saturated heterocycles. The molecule has 0 aromatic heterocycles. The fourth-order valence-corrected chi connectivity index (χ4v) is 2.61. The number of methoxy groups -OCH3 is 2. The van der Waals surface area contributed by atoms with Crippen molar-refractivity contribution in [2.24, 2.45) is 16.5 Å². The zero-order valence-corrected chi connectivity index (χ0v) is 15.8. The molecular weight excluding hydrogens is 360 g/mol. The molecule has 0 fully saturated rings. The smallest absolute Gasteiger partial charge is 0.242 e. The second-order valence-corrected chi connectivity index (χ2v) is 6.04. The average Bonchev–Trinajstić information content (AvgIpc) is 2.67. The van der Waals surface area contributed by atoms with Gasteiger partial charge >= 0.3 is 0 Å². The largest absolute Gasteiger partial charge is 0.493 e. The maximum Gasteiger partial charge on any atom is 0.242 e. The van der Waals surface area contributed by atoms with Crippen molar-refractivity contribution in [3.05, 3.63) is 59.7 Å². The Hall–Kier alpha value is -3.55. The molecule has 1 unspecified atom stereocenters. The topological polar surface area (TPSA) is 129 Å². The van der Waals surface area contributed by atoms with Crippen LogP contribution in [0, 0.1) is 0 Å². The van der Waals surface area contributed by atoms with Gasteiger partial charge < -0.3 is 20.9 Å². The molecule has 0 aliphatic heterocycles. The summed E-state index contributed by atoms with van der Waals surface area (Å²) in [6.45, 7) is 0. The average molecular weight is 384 g/mol. The quantitative estimate of drug-likeness (QED) is 0.457. The molecule has 2 rings (SSSR count). The molecule has 0 aliphatic rings. The number of primary amides is 1. The van der Waals surface area contributed by atoms with E-state index < -0.39 is 11.9 Å². The number of carbonyl (C=O) groups excluding carboxylic acids is 2. The molecule has 5 N–H and O–H groups in total. The minimum Gasteiger partial charge on any atom is -0.493 e. The molecule has 8 nitrogen and oxygen atoms in total. The number of hydrogen-bond acceptors (Lipinski definition) is 5. The highest BCUT2D eigenvalue weighted by Crippen LogP contribution is 2.27. The van der Waals surface area contributed by atoms with Crippen molar-refractivity contribution < 1.29 is 19.1 Å². The van der Waals surface area contributed by atoms with Gasteiger partial charge in [-0.05, 0) is 23.3 Å². The minimum absolute atomic E-state index is 0.0521. The lowest BCUT2D eigenvalue weighted by Gasteiger charge is -2.12. The normalized spacial score (nSPS) is 12.1. The molecule has 2 aromatic rings. The van der Waals surface area contributed by atoms with E-state index in [0.717, 1.165) is 5.56 Å². The van der Waals surface area contributed by atoms with Crippen LogP contribution >= 0.6 is 0 Å². The summed E-state index contributed by atoms with van der Waals surface area (Å²) in [5.74, 6) is -0.0772. The number of nitrogens with zero attached hydrogens (tertiary/aromatic N) is 1. The first kappa shape index (κ1) is 20.8. The van der Waals surface area contributed by atoms with E-state index in [1.165, 1.54) is 14.2 Å². The van der Waals surface area contributed by atoms with Crippen molar-refractivity contribution in [2.45, 2.75) is 18.9 Å². The summed E-state index contributed by atoms with van der Waals surface area (Å²) in [7, 11) is 3.05. The molecule has 0 aliphatic carbocycles. The van der Waals surface area contributed by atoms with Gasteiger partial charge in [-0.25, -0.2) is 4.99 Å². The van der Waals surface area contributed by atoms with Crippen LogP contribution in [0.4, 0.5) is 0 Å². The summed E-state index contributed by atoms with van der Waals surface area (Å²) in [5, 5.41) is 2.47. The molecule has 0 heterocycles. The van der Waals surface area contributed by atoms with Gasteiger partial charge in [0.1, 0.15) is 6.04 Å². The van der Waals surface area contributed by atoms with Crippen molar-refractivity contribution >= 4 is 17.8 Å². The standard InChI is InChI=1S/C20H24N4O4/c1-27-16-9-8-14(11-17(16)28-2)12-18(25)24-20(22)23-15(19(21)26)10-13-6-4-3-5-7-13/h3-9,11,15H,10,12H2,1-2H3,(H2,21,26)(H3,22,23,24,25). The predicted molar refractivity (Wildman–Crippen MR) is 106 cm³/mol. The molecule has 0 spiro atoms. The van der Waals surface area contributed by atoms with E-state index in [4.69, 9.17) is 20.9 Å². The van der Waals surface area contributed by atoms with Crippen molar-refractivity contribution in [2.75, 3.05) is 14.2 Å². The fourth-order valence-electron chi connectivity index (χ4n) is 2.61. The van der Waals surface area contributed by atoms with Crippen molar-refractivity contribution in [1.82, 2.24) is 5.32 Å². The zero-order chi connectivity index (χ0) is 20.5. The molecule has 2 aromatic carbocycles. The Labute approximate surface area is 163 Å². The summed E-state index contributed by atoms with van der Waals surface area (Å²) in [5.41, 5.74) is 12.8. The number of rotatable bonds is 8. The maximum absolute atomic E-state index is 12.2. The van der Waals surface area contributed by atoms with Crippen LogP contribution in [0.1, 0.15) is 11.1 Å². The Bertz CT molecular complexity index is 853. The SMILES string of the molecule is COc1ccc(CC(=O)NC(N)=NC(Cc2ccccc2)C(N)=O)cc1OC. The van der Waals surface area contributed by atoms with Crippen molar-refractivity contribution in [3.63, 3.8) is 0 Å². The van der Waals surface area contributed by atoms with Crippen molar-refractivity contribution in [3.8, 4) is 11.5 Å². The van der Waals surface area contributed by atoms with Crippen LogP contribution in [0.5, 0.6) is 11.5 Å². The van der Waals surface area contributed by atoms with Gasteiger partial charge in [-0.15, -0.1) is 0 Å². The Balaban J connectivity index is 2.02. The molecule has 28 heavy (non-hydrogen) atoms. The first-order valence-corrected chi connectivity index (χ1v) is 8.60. The van der Waals surface area contributed by atoms with E-state index in [2.05, 4.69) is 10.3 Å². The number of hydrogen-bond donors (Lipinski definition) is 3. The second kappa shape index (κ2) is 9.96. The second-order valence-electron chi connectivity index (χ2n) is 6.04. The van der Waals surface area contributed by atoms with E-state index in [-0.39, 0.29) is 18.3 Å². The molecule has 2 amide bonds. The number of nitrogens with two attached hydrogens (primary N) is 2. The van der Waals surface area contributed by atoms with Crippen LogP contribution in [-0.4, -0.2) is 38.0 Å². The van der Waals surface area contributed by atoms with Gasteiger partial charge in [-0.1, -0.05) is 36.4 Å². The lowest BCUT2D eigenvalue weighted by molar-refractivity contribution is -0.120. The van der Waals surface area contributed by atoms with E-state index in [1.807, 2.05) is 30.3 Å². The molecule has 1 atom stereocenters. The Morgan fingerprint density at radius 2 is 1.68 bits per heavy atom. The Morgan fingerprint density at radius 3 is 2.29 bits per heavy atom. The van der Waals surface area contributed by atoms with Gasteiger partial charge in [0, 0.05) is 6.42 Å². The van der Waals surface area contributed by atoms with Gasteiger partial charge in [0.15, 0.2) is 17.5 Å². The lowest BCUT2D eigenvalue weighted by atomic mass is 10.1. The number of guanidine groups is 1. The molecule has 0 radical (unpaired) electrons. The van der Waals surface area contributed by atoms with Crippen LogP contribution in [0.25, 0.3) is 0 Å². The van der Waals surface area contributed by atoms with Crippen LogP contribution in [0.2, 0.25) is 0 Å². The van der Waals surface area contributed by atoms with Crippen LogP contribution in [0.15, 0.2) is 53.5 Å². The van der Waals surface area contributed by atoms with Gasteiger partial charge in [0.25, 0.3) is 0 Å². The highest BCUT2D eigenvalue weighted by Gasteiger charge is 2.16. The molecule has 0 saturated carbocycles. The highest BCUT2D eigenvalue weighted by molar-refractivity contribution is 5.98. The number of benzene rings is 2. The lowest BCUT2D eigenvalue weighted by Crippen LogP contribution is -2.40.